The Kier molecular flexibility index (Phi) is 14.3. The van der Waals surface area contributed by atoms with Crippen molar-refractivity contribution in [3.8, 4) is 0 Å². The highest BCUT2D eigenvalue weighted by molar-refractivity contribution is 5.69. The van der Waals surface area contributed by atoms with Crippen LogP contribution in [0.2, 0.25) is 0 Å². The maximum atomic E-state index is 10.6. The molecule has 0 radical (unpaired) electrons. The largest absolute Gasteiger partial charge is 0.481 e. The zero-order valence-electron chi connectivity index (χ0n) is 14.4. The molecule has 4 nitrogen and oxygen atoms in total. The Morgan fingerprint density at radius 3 is 1.65 bits per heavy atom. The van der Waals surface area contributed by atoms with Crippen LogP contribution in [0.5, 0.6) is 0 Å². The van der Waals surface area contributed by atoms with Crippen molar-refractivity contribution in [1.29, 1.82) is 0 Å². The van der Waals surface area contributed by atoms with Crippen LogP contribution in [0.1, 0.15) is 77.6 Å². The van der Waals surface area contributed by atoms with Crippen LogP contribution in [-0.2, 0) is 9.59 Å². The summed E-state index contributed by atoms with van der Waals surface area (Å²) >= 11 is 0. The quantitative estimate of drug-likeness (QED) is 0.650. The van der Waals surface area contributed by atoms with Gasteiger partial charge in [-0.2, -0.15) is 0 Å². The SMILES string of the molecule is C1=CCCCCCC1.CC(=O)O.O=C(O)C1CC/C=C\CCC1. The number of hydrogen-bond acceptors (Lipinski definition) is 2. The summed E-state index contributed by atoms with van der Waals surface area (Å²) in [4.78, 5) is 19.6. The van der Waals surface area contributed by atoms with E-state index in [1.54, 1.807) is 0 Å². The third-order valence-electron chi connectivity index (χ3n) is 3.78. The molecule has 0 bridgehead atoms. The Hall–Kier alpha value is -1.58. The first-order valence-electron chi connectivity index (χ1n) is 8.76. The Balaban J connectivity index is 0.000000354. The molecule has 1 atom stereocenters. The predicted molar refractivity (Wildman–Crippen MR) is 93.5 cm³/mol. The van der Waals surface area contributed by atoms with Crippen LogP contribution in [0.4, 0.5) is 0 Å². The Labute approximate surface area is 140 Å². The molecule has 2 aliphatic carbocycles. The zero-order chi connectivity index (χ0) is 17.3. The molecule has 0 aromatic rings. The van der Waals surface area contributed by atoms with Gasteiger partial charge in [-0.15, -0.1) is 0 Å². The van der Waals surface area contributed by atoms with Crippen LogP contribution < -0.4 is 0 Å². The van der Waals surface area contributed by atoms with E-state index in [0.717, 1.165) is 39.0 Å². The summed E-state index contributed by atoms with van der Waals surface area (Å²) in [5.74, 6) is -1.56. The monoisotopic (exact) mass is 324 g/mol. The van der Waals surface area contributed by atoms with Crippen LogP contribution in [0.3, 0.4) is 0 Å². The second-order valence-corrected chi connectivity index (χ2v) is 6.00. The predicted octanol–water partition coefficient (Wildman–Crippen LogP) is 5.20. The first-order chi connectivity index (χ1) is 11.0. The minimum atomic E-state index is -0.833. The normalized spacial score (nSPS) is 22.4. The van der Waals surface area contributed by atoms with Crippen LogP contribution in [-0.4, -0.2) is 22.2 Å². The average molecular weight is 324 g/mol. The molecule has 0 saturated heterocycles. The van der Waals surface area contributed by atoms with Crippen molar-refractivity contribution in [3.63, 3.8) is 0 Å². The van der Waals surface area contributed by atoms with E-state index in [2.05, 4.69) is 24.3 Å². The van der Waals surface area contributed by atoms with E-state index in [0.29, 0.717) is 0 Å². The summed E-state index contributed by atoms with van der Waals surface area (Å²) < 4.78 is 0. The topological polar surface area (TPSA) is 74.6 Å². The van der Waals surface area contributed by atoms with E-state index in [-0.39, 0.29) is 5.92 Å². The molecule has 0 saturated carbocycles. The average Bonchev–Trinajstić information content (AvgIpc) is 2.36. The molecule has 2 rings (SSSR count). The molecule has 0 fully saturated rings. The third kappa shape index (κ3) is 16.6. The number of hydrogen-bond donors (Lipinski definition) is 2. The van der Waals surface area contributed by atoms with Crippen LogP contribution in [0.15, 0.2) is 24.3 Å². The maximum Gasteiger partial charge on any atom is 0.306 e. The van der Waals surface area contributed by atoms with Crippen molar-refractivity contribution < 1.29 is 19.8 Å². The van der Waals surface area contributed by atoms with E-state index < -0.39 is 11.9 Å². The fourth-order valence-electron chi connectivity index (χ4n) is 2.52. The van der Waals surface area contributed by atoms with Gasteiger partial charge in [-0.3, -0.25) is 9.59 Å². The van der Waals surface area contributed by atoms with Gasteiger partial charge >= 0.3 is 5.97 Å². The molecule has 2 N–H and O–H groups in total. The van der Waals surface area contributed by atoms with E-state index in [9.17, 15) is 4.79 Å². The lowest BCUT2D eigenvalue weighted by atomic mass is 9.94. The fourth-order valence-corrected chi connectivity index (χ4v) is 2.52. The van der Waals surface area contributed by atoms with Crippen LogP contribution in [0, 0.1) is 5.92 Å². The van der Waals surface area contributed by atoms with Gasteiger partial charge in [0, 0.05) is 6.92 Å². The maximum absolute atomic E-state index is 10.6. The van der Waals surface area contributed by atoms with Gasteiger partial charge in [0.1, 0.15) is 0 Å². The van der Waals surface area contributed by atoms with E-state index >= 15 is 0 Å². The van der Waals surface area contributed by atoms with Crippen molar-refractivity contribution in [2.45, 2.75) is 77.6 Å². The fraction of sp³-hybridized carbons (Fsp3) is 0.684. The first kappa shape index (κ1) is 21.4. The number of aliphatic carboxylic acids is 2. The summed E-state index contributed by atoms with van der Waals surface area (Å²) in [7, 11) is 0. The second-order valence-electron chi connectivity index (χ2n) is 6.00. The smallest absolute Gasteiger partial charge is 0.306 e. The summed E-state index contributed by atoms with van der Waals surface area (Å²) in [6.45, 7) is 1.08. The standard InChI is InChI=1S/C9H14O2.C8H14.C2H4O2/c10-9(11)8-6-4-2-1-3-5-7-8;1-2-4-6-8-7-5-3-1;1-2(3)4/h1-2,8H,3-7H2,(H,10,11);1-2H,3-8H2;1H3,(H,3,4)/b2-1-;;. The van der Waals surface area contributed by atoms with E-state index in [4.69, 9.17) is 15.0 Å². The van der Waals surface area contributed by atoms with Crippen molar-refractivity contribution in [1.82, 2.24) is 0 Å². The second kappa shape index (κ2) is 15.3. The molecule has 0 heterocycles. The summed E-state index contributed by atoms with van der Waals surface area (Å²) in [5, 5.41) is 16.1. The van der Waals surface area contributed by atoms with Crippen molar-refractivity contribution in [2.75, 3.05) is 0 Å². The summed E-state index contributed by atoms with van der Waals surface area (Å²) in [6.07, 6.45) is 21.9. The molecule has 0 aromatic heterocycles. The molecular formula is C19H32O4. The Morgan fingerprint density at radius 2 is 1.17 bits per heavy atom. The first-order valence-corrected chi connectivity index (χ1v) is 8.76. The highest BCUT2D eigenvalue weighted by Crippen LogP contribution is 2.18. The summed E-state index contributed by atoms with van der Waals surface area (Å²) in [6, 6.07) is 0. The van der Waals surface area contributed by atoms with Gasteiger partial charge in [0.15, 0.2) is 0 Å². The summed E-state index contributed by atoms with van der Waals surface area (Å²) in [5.41, 5.74) is 0. The Bertz CT molecular complexity index is 358. The van der Waals surface area contributed by atoms with Gasteiger partial charge in [-0.05, 0) is 57.8 Å². The lowest BCUT2D eigenvalue weighted by Gasteiger charge is -2.11. The van der Waals surface area contributed by atoms with Crippen molar-refractivity contribution >= 4 is 11.9 Å². The molecule has 4 heteroatoms. The van der Waals surface area contributed by atoms with Gasteiger partial charge in [-0.1, -0.05) is 37.1 Å². The minimum Gasteiger partial charge on any atom is -0.481 e. The Morgan fingerprint density at radius 1 is 0.739 bits per heavy atom. The van der Waals surface area contributed by atoms with Crippen molar-refractivity contribution in [2.24, 2.45) is 5.92 Å². The highest BCUT2D eigenvalue weighted by Gasteiger charge is 2.16. The molecule has 0 aromatic carbocycles. The third-order valence-corrected chi connectivity index (χ3v) is 3.78. The van der Waals surface area contributed by atoms with Crippen molar-refractivity contribution in [3.05, 3.63) is 24.3 Å². The molecular weight excluding hydrogens is 292 g/mol. The number of carboxylic acid groups (broad SMARTS) is 2. The number of carbonyl (C=O) groups is 2. The van der Waals surface area contributed by atoms with E-state index in [1.807, 2.05) is 0 Å². The van der Waals surface area contributed by atoms with Gasteiger partial charge in [-0.25, -0.2) is 0 Å². The van der Waals surface area contributed by atoms with Gasteiger partial charge in [0.05, 0.1) is 5.92 Å². The molecule has 1 unspecified atom stereocenters. The number of carboxylic acids is 2. The van der Waals surface area contributed by atoms with E-state index in [1.165, 1.54) is 38.5 Å². The molecule has 0 aliphatic heterocycles. The van der Waals surface area contributed by atoms with Gasteiger partial charge in [0.25, 0.3) is 5.97 Å². The minimum absolute atomic E-state index is 0.0973. The van der Waals surface area contributed by atoms with Gasteiger partial charge in [0.2, 0.25) is 0 Å². The molecule has 0 amide bonds. The zero-order valence-corrected chi connectivity index (χ0v) is 14.4. The van der Waals surface area contributed by atoms with Crippen LogP contribution in [0.25, 0.3) is 0 Å². The molecule has 132 valence electrons. The lowest BCUT2D eigenvalue weighted by Crippen LogP contribution is -2.13. The van der Waals surface area contributed by atoms with Crippen LogP contribution >= 0.6 is 0 Å². The van der Waals surface area contributed by atoms with Gasteiger partial charge < -0.3 is 10.2 Å². The highest BCUT2D eigenvalue weighted by atomic mass is 16.4. The molecule has 23 heavy (non-hydrogen) atoms. The number of allylic oxidation sites excluding steroid dienone is 4. The molecule has 2 aliphatic rings. The lowest BCUT2D eigenvalue weighted by molar-refractivity contribution is -0.142. The number of rotatable bonds is 1. The molecule has 0 spiro atoms.